The summed E-state index contributed by atoms with van der Waals surface area (Å²) in [5.74, 6) is 2.84. The van der Waals surface area contributed by atoms with E-state index in [1.54, 1.807) is 0 Å². The van der Waals surface area contributed by atoms with Crippen molar-refractivity contribution in [3.8, 4) is 0 Å². The van der Waals surface area contributed by atoms with Crippen LogP contribution in [0.25, 0.3) is 0 Å². The Kier molecular flexibility index (Phi) is 4.22. The molecule has 1 aromatic carbocycles. The van der Waals surface area contributed by atoms with Gasteiger partial charge in [0.25, 0.3) is 0 Å². The van der Waals surface area contributed by atoms with Crippen molar-refractivity contribution in [2.75, 3.05) is 10.6 Å². The largest absolute Gasteiger partial charge is 0.359 e. The molecule has 152 valence electrons. The second kappa shape index (κ2) is 6.68. The summed E-state index contributed by atoms with van der Waals surface area (Å²) in [5.41, 5.74) is 2.97. The van der Waals surface area contributed by atoms with E-state index in [-0.39, 0.29) is 22.0 Å². The summed E-state index contributed by atoms with van der Waals surface area (Å²) in [6.07, 6.45) is 8.69. The van der Waals surface area contributed by atoms with Crippen molar-refractivity contribution in [2.45, 2.75) is 57.9 Å². The number of nitro groups is 1. The molecule has 2 aromatic rings. The summed E-state index contributed by atoms with van der Waals surface area (Å²) >= 11 is 0. The Morgan fingerprint density at radius 1 is 1.00 bits per heavy atom. The van der Waals surface area contributed by atoms with Crippen LogP contribution in [-0.4, -0.2) is 20.4 Å². The summed E-state index contributed by atoms with van der Waals surface area (Å²) in [5, 5.41) is 18.7. The molecule has 1 heterocycles. The topological polar surface area (TPSA) is 93.0 Å². The zero-order chi connectivity index (χ0) is 20.2. The Hall–Kier alpha value is -2.70. The van der Waals surface area contributed by atoms with Crippen molar-refractivity contribution in [3.05, 3.63) is 45.8 Å². The summed E-state index contributed by atoms with van der Waals surface area (Å²) in [6.45, 7) is 4.06. The molecule has 7 heteroatoms. The number of nitrogens with one attached hydrogen (secondary N) is 2. The predicted octanol–water partition coefficient (Wildman–Crippen LogP) is 5.13. The third kappa shape index (κ3) is 3.32. The van der Waals surface area contributed by atoms with Crippen molar-refractivity contribution >= 4 is 23.0 Å². The Morgan fingerprint density at radius 2 is 1.62 bits per heavy atom. The first-order valence-corrected chi connectivity index (χ1v) is 10.5. The van der Waals surface area contributed by atoms with Gasteiger partial charge in [0.15, 0.2) is 0 Å². The lowest BCUT2D eigenvalue weighted by Crippen LogP contribution is -2.55. The van der Waals surface area contributed by atoms with E-state index in [9.17, 15) is 10.1 Å². The standard InChI is InChI=1S/C22H27N5O2/c1-13-3-4-18(5-14(13)2)25-20-19(27(28)29)21(24-12-23-20)26-22-9-15-6-16(10-22)8-17(7-15)11-22/h3-5,12,15-17H,6-11H2,1-2H3,(H2,23,24,25,26). The average Bonchev–Trinajstić information content (AvgIpc) is 2.63. The van der Waals surface area contributed by atoms with E-state index in [1.165, 1.54) is 31.2 Å². The molecule has 29 heavy (non-hydrogen) atoms. The molecule has 0 amide bonds. The lowest BCUT2D eigenvalue weighted by atomic mass is 9.53. The molecular weight excluding hydrogens is 366 g/mol. The number of nitrogens with zero attached hydrogens (tertiary/aromatic N) is 3. The highest BCUT2D eigenvalue weighted by Crippen LogP contribution is 2.57. The fourth-order valence-electron chi connectivity index (χ4n) is 6.21. The summed E-state index contributed by atoms with van der Waals surface area (Å²) in [4.78, 5) is 20.1. The van der Waals surface area contributed by atoms with Gasteiger partial charge in [-0.3, -0.25) is 10.1 Å². The zero-order valence-corrected chi connectivity index (χ0v) is 16.9. The van der Waals surface area contributed by atoms with Gasteiger partial charge in [-0.2, -0.15) is 0 Å². The Morgan fingerprint density at radius 3 is 2.21 bits per heavy atom. The highest BCUT2D eigenvalue weighted by molar-refractivity contribution is 5.74. The van der Waals surface area contributed by atoms with E-state index in [0.29, 0.717) is 5.82 Å². The fourth-order valence-corrected chi connectivity index (χ4v) is 6.21. The van der Waals surface area contributed by atoms with Crippen molar-refractivity contribution in [3.63, 3.8) is 0 Å². The van der Waals surface area contributed by atoms with Crippen molar-refractivity contribution < 1.29 is 4.92 Å². The maximum atomic E-state index is 12.0. The molecule has 0 saturated heterocycles. The van der Waals surface area contributed by atoms with Crippen LogP contribution < -0.4 is 10.6 Å². The third-order valence-corrected chi connectivity index (χ3v) is 7.20. The normalized spacial score (nSPS) is 29.7. The molecular formula is C22H27N5O2. The van der Waals surface area contributed by atoms with Crippen LogP contribution in [0.3, 0.4) is 0 Å². The maximum absolute atomic E-state index is 12.0. The van der Waals surface area contributed by atoms with Crippen LogP contribution in [0.4, 0.5) is 23.0 Å². The van der Waals surface area contributed by atoms with Crippen molar-refractivity contribution in [1.82, 2.24) is 9.97 Å². The van der Waals surface area contributed by atoms with E-state index < -0.39 is 0 Å². The Bertz CT molecular complexity index is 938. The van der Waals surface area contributed by atoms with Gasteiger partial charge >= 0.3 is 5.69 Å². The third-order valence-electron chi connectivity index (χ3n) is 7.20. The number of benzene rings is 1. The highest BCUT2D eigenvalue weighted by atomic mass is 16.6. The van der Waals surface area contributed by atoms with Crippen LogP contribution in [0.15, 0.2) is 24.5 Å². The maximum Gasteiger partial charge on any atom is 0.353 e. The number of rotatable bonds is 5. The molecule has 4 aliphatic carbocycles. The highest BCUT2D eigenvalue weighted by Gasteiger charge is 2.51. The average molecular weight is 393 g/mol. The SMILES string of the molecule is Cc1ccc(Nc2ncnc(NC34CC5CC(CC(C5)C3)C4)c2[N+](=O)[O-])cc1C. The van der Waals surface area contributed by atoms with E-state index in [2.05, 4.69) is 20.6 Å². The Balaban J connectivity index is 1.47. The molecule has 4 aliphatic rings. The molecule has 2 N–H and O–H groups in total. The van der Waals surface area contributed by atoms with Gasteiger partial charge in [-0.15, -0.1) is 0 Å². The molecule has 0 spiro atoms. The van der Waals surface area contributed by atoms with Gasteiger partial charge in [-0.1, -0.05) is 6.07 Å². The summed E-state index contributed by atoms with van der Waals surface area (Å²) < 4.78 is 0. The number of aromatic nitrogens is 2. The van der Waals surface area contributed by atoms with E-state index >= 15 is 0 Å². The van der Waals surface area contributed by atoms with Gasteiger partial charge < -0.3 is 10.6 Å². The first-order chi connectivity index (χ1) is 13.9. The van der Waals surface area contributed by atoms with Gasteiger partial charge in [0, 0.05) is 11.2 Å². The zero-order valence-electron chi connectivity index (χ0n) is 16.9. The molecule has 1 aromatic heterocycles. The number of anilines is 3. The van der Waals surface area contributed by atoms with Crippen molar-refractivity contribution in [1.29, 1.82) is 0 Å². The van der Waals surface area contributed by atoms with Crippen LogP contribution in [-0.2, 0) is 0 Å². The lowest BCUT2D eigenvalue weighted by Gasteiger charge is -2.57. The summed E-state index contributed by atoms with van der Waals surface area (Å²) in [6, 6.07) is 5.90. The van der Waals surface area contributed by atoms with Crippen LogP contribution in [0.2, 0.25) is 0 Å². The summed E-state index contributed by atoms with van der Waals surface area (Å²) in [7, 11) is 0. The van der Waals surface area contributed by atoms with Gasteiger partial charge in [0.1, 0.15) is 6.33 Å². The number of hydrogen-bond acceptors (Lipinski definition) is 6. The minimum atomic E-state index is -0.369. The quantitative estimate of drug-likeness (QED) is 0.540. The second-order valence-corrected chi connectivity index (χ2v) is 9.42. The molecule has 0 radical (unpaired) electrons. The molecule has 4 bridgehead atoms. The van der Waals surface area contributed by atoms with Crippen LogP contribution in [0.1, 0.15) is 49.7 Å². The molecule has 7 nitrogen and oxygen atoms in total. The molecule has 4 saturated carbocycles. The fraction of sp³-hybridized carbons (Fsp3) is 0.545. The van der Waals surface area contributed by atoms with Crippen molar-refractivity contribution in [2.24, 2.45) is 17.8 Å². The van der Waals surface area contributed by atoms with Crippen LogP contribution >= 0.6 is 0 Å². The van der Waals surface area contributed by atoms with Gasteiger partial charge in [-0.05, 0) is 93.4 Å². The van der Waals surface area contributed by atoms with E-state index in [0.717, 1.165) is 48.3 Å². The molecule has 0 unspecified atom stereocenters. The Labute approximate surface area is 170 Å². The van der Waals surface area contributed by atoms with E-state index in [4.69, 9.17) is 0 Å². The van der Waals surface area contributed by atoms with Gasteiger partial charge in [-0.25, -0.2) is 9.97 Å². The predicted molar refractivity (Wildman–Crippen MR) is 112 cm³/mol. The molecule has 0 aliphatic heterocycles. The molecule has 6 rings (SSSR count). The monoisotopic (exact) mass is 393 g/mol. The minimum Gasteiger partial charge on any atom is -0.359 e. The first kappa shape index (κ1) is 18.3. The van der Waals surface area contributed by atoms with Crippen LogP contribution in [0, 0.1) is 41.7 Å². The smallest absolute Gasteiger partial charge is 0.353 e. The van der Waals surface area contributed by atoms with Gasteiger partial charge in [0.05, 0.1) is 4.92 Å². The minimum absolute atomic E-state index is 0.0500. The number of aryl methyl sites for hydroxylation is 2. The van der Waals surface area contributed by atoms with Crippen LogP contribution in [0.5, 0.6) is 0 Å². The van der Waals surface area contributed by atoms with Gasteiger partial charge in [0.2, 0.25) is 11.6 Å². The number of hydrogen-bond donors (Lipinski definition) is 2. The first-order valence-electron chi connectivity index (χ1n) is 10.5. The molecule has 0 atom stereocenters. The lowest BCUT2D eigenvalue weighted by molar-refractivity contribution is -0.383. The second-order valence-electron chi connectivity index (χ2n) is 9.42. The molecule has 4 fully saturated rings. The van der Waals surface area contributed by atoms with E-state index in [1.807, 2.05) is 32.0 Å².